The van der Waals surface area contributed by atoms with E-state index in [9.17, 15) is 4.79 Å². The van der Waals surface area contributed by atoms with Gasteiger partial charge < -0.3 is 5.32 Å². The van der Waals surface area contributed by atoms with Gasteiger partial charge in [-0.3, -0.25) is 4.79 Å². The van der Waals surface area contributed by atoms with Crippen molar-refractivity contribution in [3.05, 3.63) is 32.4 Å². The fourth-order valence-corrected chi connectivity index (χ4v) is 2.55. The van der Waals surface area contributed by atoms with E-state index in [0.29, 0.717) is 6.54 Å². The second kappa shape index (κ2) is 6.08. The molecule has 0 fully saturated rings. The van der Waals surface area contributed by atoms with Crippen LogP contribution in [0.2, 0.25) is 0 Å². The van der Waals surface area contributed by atoms with Crippen LogP contribution in [0.3, 0.4) is 0 Å². The minimum atomic E-state index is 0.0123. The number of allylic oxidation sites excluding steroid dienone is 1. The Morgan fingerprint density at radius 2 is 2.40 bits per heavy atom. The van der Waals surface area contributed by atoms with E-state index in [1.54, 1.807) is 0 Å². The Kier molecular flexibility index (Phi) is 5.05. The summed E-state index contributed by atoms with van der Waals surface area (Å²) >= 11 is 4.88. The summed E-state index contributed by atoms with van der Waals surface area (Å²) in [5.41, 5.74) is 1.11. The molecule has 1 amide bonds. The Morgan fingerprint density at radius 3 is 2.93 bits per heavy atom. The number of thiophene rings is 1. The molecule has 15 heavy (non-hydrogen) atoms. The Bertz CT molecular complexity index is 351. The van der Waals surface area contributed by atoms with Gasteiger partial charge in [0.15, 0.2) is 0 Å². The maximum Gasteiger partial charge on any atom is 0.261 e. The van der Waals surface area contributed by atoms with Gasteiger partial charge in [0.1, 0.15) is 0 Å². The van der Waals surface area contributed by atoms with Crippen molar-refractivity contribution in [3.63, 3.8) is 0 Å². The van der Waals surface area contributed by atoms with Crippen molar-refractivity contribution >= 4 is 33.2 Å². The minimum absolute atomic E-state index is 0.0123. The van der Waals surface area contributed by atoms with Crippen LogP contribution in [0, 0.1) is 6.92 Å². The molecule has 2 nitrogen and oxygen atoms in total. The van der Waals surface area contributed by atoms with E-state index in [2.05, 4.69) is 21.2 Å². The summed E-state index contributed by atoms with van der Waals surface area (Å²) in [6.45, 7) is 4.65. The molecular formula is C11H14BrNOS. The molecule has 1 N–H and O–H groups in total. The van der Waals surface area contributed by atoms with E-state index in [0.717, 1.165) is 20.6 Å². The second-order valence-corrected chi connectivity index (χ2v) is 5.55. The van der Waals surface area contributed by atoms with E-state index < -0.39 is 0 Å². The molecule has 0 radical (unpaired) electrons. The number of hydrogen-bond acceptors (Lipinski definition) is 2. The summed E-state index contributed by atoms with van der Waals surface area (Å²) in [5, 5.41) is 2.87. The molecule has 0 spiro atoms. The highest BCUT2D eigenvalue weighted by Gasteiger charge is 2.09. The summed E-state index contributed by atoms with van der Waals surface area (Å²) in [5.74, 6) is 0.0123. The van der Waals surface area contributed by atoms with Gasteiger partial charge in [-0.1, -0.05) is 12.2 Å². The second-order valence-electron chi connectivity index (χ2n) is 3.18. The van der Waals surface area contributed by atoms with Crippen LogP contribution < -0.4 is 5.32 Å². The zero-order valence-electron chi connectivity index (χ0n) is 8.84. The first-order valence-electron chi connectivity index (χ1n) is 4.80. The standard InChI is InChI=1S/C11H14BrNOS/c1-3-4-5-6-13-11(14)9-7-8(2)10(12)15-9/h3-4,7H,5-6H2,1-2H3,(H,13,14)/b4-3+. The molecule has 0 unspecified atom stereocenters. The number of amides is 1. The zero-order valence-corrected chi connectivity index (χ0v) is 11.2. The normalized spacial score (nSPS) is 10.9. The Morgan fingerprint density at radius 1 is 1.67 bits per heavy atom. The number of halogens is 1. The van der Waals surface area contributed by atoms with Gasteiger partial charge in [-0.05, 0) is 47.8 Å². The van der Waals surface area contributed by atoms with Gasteiger partial charge in [0.2, 0.25) is 0 Å². The summed E-state index contributed by atoms with van der Waals surface area (Å²) < 4.78 is 1.03. The van der Waals surface area contributed by atoms with Gasteiger partial charge in [-0.15, -0.1) is 11.3 Å². The number of rotatable bonds is 4. The molecule has 4 heteroatoms. The van der Waals surface area contributed by atoms with Crippen LogP contribution in [0.4, 0.5) is 0 Å². The molecule has 0 aliphatic rings. The first-order valence-corrected chi connectivity index (χ1v) is 6.41. The topological polar surface area (TPSA) is 29.1 Å². The Labute approximate surface area is 103 Å². The number of carbonyl (C=O) groups is 1. The van der Waals surface area contributed by atoms with Crippen LogP contribution in [0.5, 0.6) is 0 Å². The smallest absolute Gasteiger partial charge is 0.261 e. The molecule has 1 rings (SSSR count). The molecule has 0 bridgehead atoms. The average Bonchev–Trinajstić information content (AvgIpc) is 2.54. The molecule has 1 aromatic heterocycles. The van der Waals surface area contributed by atoms with Crippen LogP contribution in [0.1, 0.15) is 28.6 Å². The lowest BCUT2D eigenvalue weighted by Crippen LogP contribution is -2.23. The molecule has 0 saturated carbocycles. The third-order valence-corrected chi connectivity index (χ3v) is 4.05. The number of carbonyl (C=O) groups excluding carboxylic acids is 1. The van der Waals surface area contributed by atoms with Gasteiger partial charge in [-0.25, -0.2) is 0 Å². The maximum absolute atomic E-state index is 11.6. The van der Waals surface area contributed by atoms with E-state index in [1.165, 1.54) is 11.3 Å². The largest absolute Gasteiger partial charge is 0.351 e. The molecule has 0 aromatic carbocycles. The molecule has 0 saturated heterocycles. The lowest BCUT2D eigenvalue weighted by molar-refractivity contribution is 0.0958. The van der Waals surface area contributed by atoms with Crippen LogP contribution in [-0.4, -0.2) is 12.5 Å². The van der Waals surface area contributed by atoms with Crippen molar-refractivity contribution in [1.29, 1.82) is 0 Å². The van der Waals surface area contributed by atoms with Crippen molar-refractivity contribution in [3.8, 4) is 0 Å². The minimum Gasteiger partial charge on any atom is -0.351 e. The lowest BCUT2D eigenvalue weighted by atomic mass is 10.3. The van der Waals surface area contributed by atoms with E-state index >= 15 is 0 Å². The van der Waals surface area contributed by atoms with Crippen LogP contribution in [0.25, 0.3) is 0 Å². The fraction of sp³-hybridized carbons (Fsp3) is 0.364. The predicted molar refractivity (Wildman–Crippen MR) is 68.5 cm³/mol. The summed E-state index contributed by atoms with van der Waals surface area (Å²) in [4.78, 5) is 12.4. The first-order chi connectivity index (χ1) is 7.15. The lowest BCUT2D eigenvalue weighted by Gasteiger charge is -1.99. The van der Waals surface area contributed by atoms with Crippen molar-refractivity contribution in [1.82, 2.24) is 5.32 Å². The molecule has 0 aliphatic carbocycles. The quantitative estimate of drug-likeness (QED) is 0.666. The summed E-state index contributed by atoms with van der Waals surface area (Å²) in [7, 11) is 0. The third-order valence-electron chi connectivity index (χ3n) is 1.91. The highest BCUT2D eigenvalue weighted by atomic mass is 79.9. The van der Waals surface area contributed by atoms with Gasteiger partial charge in [0.25, 0.3) is 5.91 Å². The predicted octanol–water partition coefficient (Wildman–Crippen LogP) is 3.52. The number of nitrogens with one attached hydrogen (secondary N) is 1. The Balaban J connectivity index is 2.47. The highest BCUT2D eigenvalue weighted by Crippen LogP contribution is 2.27. The van der Waals surface area contributed by atoms with Gasteiger partial charge in [0.05, 0.1) is 8.66 Å². The molecule has 82 valence electrons. The first kappa shape index (κ1) is 12.5. The maximum atomic E-state index is 11.6. The van der Waals surface area contributed by atoms with Crippen molar-refractivity contribution in [2.75, 3.05) is 6.54 Å². The molecule has 0 aliphatic heterocycles. The van der Waals surface area contributed by atoms with Gasteiger partial charge in [0, 0.05) is 6.54 Å². The van der Waals surface area contributed by atoms with E-state index in [-0.39, 0.29) is 5.91 Å². The highest BCUT2D eigenvalue weighted by molar-refractivity contribution is 9.11. The molecule has 0 atom stereocenters. The summed E-state index contributed by atoms with van der Waals surface area (Å²) in [6.07, 6.45) is 4.90. The van der Waals surface area contributed by atoms with Crippen LogP contribution in [0.15, 0.2) is 22.0 Å². The van der Waals surface area contributed by atoms with Gasteiger partial charge in [-0.2, -0.15) is 0 Å². The third kappa shape index (κ3) is 3.80. The monoisotopic (exact) mass is 287 g/mol. The summed E-state index contributed by atoms with van der Waals surface area (Å²) in [6, 6.07) is 1.90. The zero-order chi connectivity index (χ0) is 11.3. The van der Waals surface area contributed by atoms with Crippen molar-refractivity contribution in [2.24, 2.45) is 0 Å². The van der Waals surface area contributed by atoms with Gasteiger partial charge >= 0.3 is 0 Å². The average molecular weight is 288 g/mol. The molecule has 1 heterocycles. The number of aryl methyl sites for hydroxylation is 1. The van der Waals surface area contributed by atoms with E-state index in [4.69, 9.17) is 0 Å². The van der Waals surface area contributed by atoms with Crippen molar-refractivity contribution < 1.29 is 4.79 Å². The Hall–Kier alpha value is -0.610. The number of hydrogen-bond donors (Lipinski definition) is 1. The molecular weight excluding hydrogens is 274 g/mol. The SMILES string of the molecule is C/C=C/CCNC(=O)c1cc(C)c(Br)s1. The van der Waals surface area contributed by atoms with E-state index in [1.807, 2.05) is 32.1 Å². The van der Waals surface area contributed by atoms with Crippen LogP contribution >= 0.6 is 27.3 Å². The molecule has 1 aromatic rings. The van der Waals surface area contributed by atoms with Crippen LogP contribution in [-0.2, 0) is 0 Å². The fourth-order valence-electron chi connectivity index (χ4n) is 1.09. The van der Waals surface area contributed by atoms with Crippen molar-refractivity contribution in [2.45, 2.75) is 20.3 Å².